The normalized spacial score (nSPS) is 11.1. The van der Waals surface area contributed by atoms with Crippen LogP contribution in [0.4, 0.5) is 0 Å². The highest BCUT2D eigenvalue weighted by atomic mass is 16.4. The molecule has 1 N–H and O–H groups in total. The zero-order valence-electron chi connectivity index (χ0n) is 8.47. The molecule has 0 aliphatic carbocycles. The second-order valence-electron chi connectivity index (χ2n) is 3.54. The minimum atomic E-state index is -0.736. The lowest BCUT2D eigenvalue weighted by Crippen LogP contribution is -2.04. The maximum atomic E-state index is 11.6. The molecule has 0 saturated heterocycles. The van der Waals surface area contributed by atoms with Gasteiger partial charge < -0.3 is 13.9 Å². The van der Waals surface area contributed by atoms with Gasteiger partial charge in [0.1, 0.15) is 16.7 Å². The van der Waals surface area contributed by atoms with E-state index in [0.29, 0.717) is 11.0 Å². The van der Waals surface area contributed by atoms with Gasteiger partial charge in [-0.2, -0.15) is 0 Å². The molecule has 0 aliphatic rings. The summed E-state index contributed by atoms with van der Waals surface area (Å²) < 4.78 is 9.98. The van der Waals surface area contributed by atoms with Gasteiger partial charge in [-0.25, -0.2) is 9.59 Å². The Hall–Kier alpha value is -2.56. The van der Waals surface area contributed by atoms with Crippen LogP contribution in [0.15, 0.2) is 48.8 Å². The molecular formula is C12H6O5. The van der Waals surface area contributed by atoms with E-state index in [1.807, 2.05) is 0 Å². The lowest BCUT2D eigenvalue weighted by atomic mass is 10.2. The van der Waals surface area contributed by atoms with Gasteiger partial charge in [0.25, 0.3) is 0 Å². The molecule has 2 aromatic heterocycles. The Balaban J connectivity index is 2.75. The molecule has 0 unspecified atom stereocenters. The summed E-state index contributed by atoms with van der Waals surface area (Å²) in [5.41, 5.74) is -1.11. The van der Waals surface area contributed by atoms with Crippen LogP contribution in [0.1, 0.15) is 0 Å². The molecule has 3 rings (SSSR count). The van der Waals surface area contributed by atoms with Gasteiger partial charge in [-0.1, -0.05) is 12.1 Å². The van der Waals surface area contributed by atoms with Crippen molar-refractivity contribution in [1.29, 1.82) is 0 Å². The summed E-state index contributed by atoms with van der Waals surface area (Å²) in [6.45, 7) is 0. The van der Waals surface area contributed by atoms with Gasteiger partial charge in [-0.3, -0.25) is 0 Å². The van der Waals surface area contributed by atoms with Crippen LogP contribution in [0.5, 0.6) is 5.75 Å². The SMILES string of the molecule is O=c1cc(O)c2c(=O)oc3ccccc3c2o1. The summed E-state index contributed by atoms with van der Waals surface area (Å²) in [6, 6.07) is 7.47. The summed E-state index contributed by atoms with van der Waals surface area (Å²) in [6.07, 6.45) is 0. The van der Waals surface area contributed by atoms with Crippen molar-refractivity contribution < 1.29 is 13.9 Å². The third-order valence-electron chi connectivity index (χ3n) is 2.48. The minimum Gasteiger partial charge on any atom is -0.507 e. The van der Waals surface area contributed by atoms with Gasteiger partial charge in [0.2, 0.25) is 0 Å². The van der Waals surface area contributed by atoms with E-state index < -0.39 is 17.0 Å². The van der Waals surface area contributed by atoms with Crippen molar-refractivity contribution in [3.8, 4) is 5.75 Å². The second-order valence-corrected chi connectivity index (χ2v) is 3.54. The van der Waals surface area contributed by atoms with E-state index in [2.05, 4.69) is 0 Å². The van der Waals surface area contributed by atoms with Crippen LogP contribution < -0.4 is 11.3 Å². The summed E-state index contributed by atoms with van der Waals surface area (Å²) in [4.78, 5) is 22.8. The lowest BCUT2D eigenvalue weighted by Gasteiger charge is -2.01. The fraction of sp³-hybridized carbons (Fsp3) is 0. The van der Waals surface area contributed by atoms with Gasteiger partial charge in [0, 0.05) is 0 Å². The first kappa shape index (κ1) is 9.65. The monoisotopic (exact) mass is 230 g/mol. The van der Waals surface area contributed by atoms with E-state index in [9.17, 15) is 14.7 Å². The number of aromatic hydroxyl groups is 1. The molecule has 0 bridgehead atoms. The maximum absolute atomic E-state index is 11.6. The fourth-order valence-corrected chi connectivity index (χ4v) is 1.76. The molecule has 0 spiro atoms. The Labute approximate surface area is 93.5 Å². The molecule has 5 nitrogen and oxygen atoms in total. The predicted molar refractivity (Wildman–Crippen MR) is 60.2 cm³/mol. The second kappa shape index (κ2) is 3.21. The van der Waals surface area contributed by atoms with Crippen LogP contribution in [0, 0.1) is 0 Å². The van der Waals surface area contributed by atoms with Gasteiger partial charge in [-0.15, -0.1) is 0 Å². The first-order valence-corrected chi connectivity index (χ1v) is 4.85. The van der Waals surface area contributed by atoms with Crippen molar-refractivity contribution >= 4 is 21.9 Å². The average Bonchev–Trinajstić information content (AvgIpc) is 2.28. The maximum Gasteiger partial charge on any atom is 0.351 e. The highest BCUT2D eigenvalue weighted by Crippen LogP contribution is 2.25. The van der Waals surface area contributed by atoms with E-state index in [0.717, 1.165) is 6.07 Å². The highest BCUT2D eigenvalue weighted by molar-refractivity contribution is 6.02. The van der Waals surface area contributed by atoms with Crippen molar-refractivity contribution in [2.45, 2.75) is 0 Å². The Kier molecular flexibility index (Phi) is 1.82. The third kappa shape index (κ3) is 1.32. The van der Waals surface area contributed by atoms with Crippen LogP contribution in [-0.2, 0) is 0 Å². The van der Waals surface area contributed by atoms with Crippen LogP contribution in [0.2, 0.25) is 0 Å². The van der Waals surface area contributed by atoms with Gasteiger partial charge in [0.05, 0.1) is 11.5 Å². The predicted octanol–water partition coefficient (Wildman–Crippen LogP) is 1.60. The van der Waals surface area contributed by atoms with Crippen molar-refractivity contribution in [3.63, 3.8) is 0 Å². The van der Waals surface area contributed by atoms with Crippen molar-refractivity contribution in [1.82, 2.24) is 0 Å². The zero-order valence-corrected chi connectivity index (χ0v) is 8.47. The van der Waals surface area contributed by atoms with Gasteiger partial charge in [-0.05, 0) is 12.1 Å². The van der Waals surface area contributed by atoms with Crippen molar-refractivity contribution in [2.75, 3.05) is 0 Å². The van der Waals surface area contributed by atoms with Gasteiger partial charge >= 0.3 is 11.3 Å². The standard InChI is InChI=1S/C12H6O5/c13-7-5-9(14)17-11-6-3-1-2-4-8(6)16-12(15)10(7)11/h1-5,13H. The number of rotatable bonds is 0. The third-order valence-corrected chi connectivity index (χ3v) is 2.48. The number of para-hydroxylation sites is 1. The molecule has 0 saturated carbocycles. The molecule has 17 heavy (non-hydrogen) atoms. The Bertz CT molecular complexity index is 841. The summed E-state index contributed by atoms with van der Waals surface area (Å²) >= 11 is 0. The molecule has 0 fully saturated rings. The highest BCUT2D eigenvalue weighted by Gasteiger charge is 2.13. The van der Waals surface area contributed by atoms with E-state index >= 15 is 0 Å². The van der Waals surface area contributed by atoms with E-state index in [-0.39, 0.29) is 11.0 Å². The van der Waals surface area contributed by atoms with E-state index in [4.69, 9.17) is 8.83 Å². The number of benzene rings is 1. The zero-order chi connectivity index (χ0) is 12.0. The van der Waals surface area contributed by atoms with E-state index in [1.165, 1.54) is 0 Å². The summed E-state index contributed by atoms with van der Waals surface area (Å²) in [5, 5.41) is 9.92. The molecule has 1 aromatic carbocycles. The van der Waals surface area contributed by atoms with Gasteiger partial charge in [0.15, 0.2) is 5.58 Å². The quantitative estimate of drug-likeness (QED) is 0.468. The average molecular weight is 230 g/mol. The van der Waals surface area contributed by atoms with Crippen LogP contribution in [-0.4, -0.2) is 5.11 Å². The largest absolute Gasteiger partial charge is 0.507 e. The van der Waals surface area contributed by atoms with Crippen LogP contribution in [0.3, 0.4) is 0 Å². The van der Waals surface area contributed by atoms with Crippen LogP contribution >= 0.6 is 0 Å². The first-order valence-electron chi connectivity index (χ1n) is 4.85. The fourth-order valence-electron chi connectivity index (χ4n) is 1.76. The molecule has 84 valence electrons. The van der Waals surface area contributed by atoms with Crippen molar-refractivity contribution in [3.05, 3.63) is 51.2 Å². The molecule has 5 heteroatoms. The lowest BCUT2D eigenvalue weighted by molar-refractivity contribution is 0.463. The molecule has 0 amide bonds. The first-order chi connectivity index (χ1) is 8.16. The van der Waals surface area contributed by atoms with E-state index in [1.54, 1.807) is 24.3 Å². The molecular weight excluding hydrogens is 224 g/mol. The summed E-state index contributed by atoms with van der Waals surface area (Å²) in [7, 11) is 0. The smallest absolute Gasteiger partial charge is 0.351 e. The molecule has 0 atom stereocenters. The van der Waals surface area contributed by atoms with Crippen LogP contribution in [0.25, 0.3) is 21.9 Å². The minimum absolute atomic E-state index is 0.0434. The number of hydrogen-bond acceptors (Lipinski definition) is 5. The Morgan fingerprint density at radius 3 is 2.65 bits per heavy atom. The Morgan fingerprint density at radius 1 is 1.06 bits per heavy atom. The van der Waals surface area contributed by atoms with Crippen molar-refractivity contribution in [2.24, 2.45) is 0 Å². The number of fused-ring (bicyclic) bond motifs is 3. The topological polar surface area (TPSA) is 80.6 Å². The molecule has 0 aliphatic heterocycles. The molecule has 3 aromatic rings. The molecule has 0 radical (unpaired) electrons. The molecule has 2 heterocycles. The Morgan fingerprint density at radius 2 is 1.82 bits per heavy atom. The summed E-state index contributed by atoms with van der Waals surface area (Å²) in [5.74, 6) is -0.434. The number of hydrogen-bond donors (Lipinski definition) is 1.